The molecule has 4 rings (SSSR count). The SMILES string of the molecule is COc1ccc([C@H]2C[C@@H]2COC2=N/C(=C/C=N)NC(NCc3oc(C)nc3C)=C2)nc1. The van der Waals surface area contributed by atoms with Gasteiger partial charge in [0.05, 0.1) is 32.2 Å². The van der Waals surface area contributed by atoms with Gasteiger partial charge in [-0.1, -0.05) is 0 Å². The second kappa shape index (κ2) is 9.03. The van der Waals surface area contributed by atoms with Gasteiger partial charge in [-0.2, -0.15) is 4.99 Å². The van der Waals surface area contributed by atoms with Crippen LogP contribution in [-0.4, -0.2) is 35.8 Å². The van der Waals surface area contributed by atoms with Crippen molar-refractivity contribution in [2.45, 2.75) is 32.7 Å². The summed E-state index contributed by atoms with van der Waals surface area (Å²) in [5.41, 5.74) is 1.91. The summed E-state index contributed by atoms with van der Waals surface area (Å²) in [6.45, 7) is 4.77. The molecule has 0 radical (unpaired) electrons. The average Bonchev–Trinajstić information content (AvgIpc) is 3.47. The zero-order valence-electron chi connectivity index (χ0n) is 17.8. The van der Waals surface area contributed by atoms with Crippen molar-refractivity contribution in [3.8, 4) is 5.75 Å². The summed E-state index contributed by atoms with van der Waals surface area (Å²) >= 11 is 0. The summed E-state index contributed by atoms with van der Waals surface area (Å²) in [6, 6.07) is 3.94. The Bertz CT molecular complexity index is 1040. The average molecular weight is 422 g/mol. The van der Waals surface area contributed by atoms with Crippen molar-refractivity contribution in [2.75, 3.05) is 13.7 Å². The molecule has 31 heavy (non-hydrogen) atoms. The molecule has 3 heterocycles. The first-order valence-corrected chi connectivity index (χ1v) is 10.1. The minimum absolute atomic E-state index is 0.393. The number of rotatable bonds is 8. The van der Waals surface area contributed by atoms with E-state index in [2.05, 4.69) is 25.6 Å². The van der Waals surface area contributed by atoms with Crippen molar-refractivity contribution in [2.24, 2.45) is 10.9 Å². The topological polar surface area (TPSA) is 118 Å². The van der Waals surface area contributed by atoms with Gasteiger partial charge in [-0.15, -0.1) is 0 Å². The van der Waals surface area contributed by atoms with E-state index in [0.29, 0.717) is 42.6 Å². The van der Waals surface area contributed by atoms with Crippen LogP contribution in [0.3, 0.4) is 0 Å². The van der Waals surface area contributed by atoms with Gasteiger partial charge < -0.3 is 29.9 Å². The Labute approximate surface area is 180 Å². The van der Waals surface area contributed by atoms with Crippen LogP contribution in [0.4, 0.5) is 0 Å². The first-order valence-electron chi connectivity index (χ1n) is 10.1. The van der Waals surface area contributed by atoms with E-state index in [-0.39, 0.29) is 0 Å². The van der Waals surface area contributed by atoms with Gasteiger partial charge in [-0.3, -0.25) is 4.98 Å². The Morgan fingerprint density at radius 2 is 2.23 bits per heavy atom. The van der Waals surface area contributed by atoms with E-state index in [0.717, 1.165) is 35.1 Å². The number of ether oxygens (including phenoxy) is 2. The van der Waals surface area contributed by atoms with Crippen molar-refractivity contribution in [3.63, 3.8) is 0 Å². The number of oxazole rings is 1. The number of methoxy groups -OCH3 is 1. The highest BCUT2D eigenvalue weighted by molar-refractivity contribution is 5.90. The minimum atomic E-state index is 0.393. The van der Waals surface area contributed by atoms with Gasteiger partial charge in [0, 0.05) is 36.7 Å². The lowest BCUT2D eigenvalue weighted by molar-refractivity contribution is 0.284. The number of pyridine rings is 1. The molecule has 0 amide bonds. The van der Waals surface area contributed by atoms with Gasteiger partial charge in [-0.05, 0) is 31.6 Å². The molecule has 2 aromatic heterocycles. The first kappa shape index (κ1) is 20.6. The highest BCUT2D eigenvalue weighted by atomic mass is 16.5. The molecule has 2 aliphatic rings. The summed E-state index contributed by atoms with van der Waals surface area (Å²) < 4.78 is 16.8. The Morgan fingerprint density at radius 3 is 2.90 bits per heavy atom. The zero-order valence-corrected chi connectivity index (χ0v) is 17.8. The van der Waals surface area contributed by atoms with Gasteiger partial charge in [0.15, 0.2) is 5.89 Å². The lowest BCUT2D eigenvalue weighted by Crippen LogP contribution is -2.30. The van der Waals surface area contributed by atoms with Crippen LogP contribution in [0.25, 0.3) is 0 Å². The Balaban J connectivity index is 1.36. The first-order chi connectivity index (χ1) is 15.1. The van der Waals surface area contributed by atoms with Crippen molar-refractivity contribution in [1.29, 1.82) is 5.41 Å². The molecule has 1 fully saturated rings. The number of aryl methyl sites for hydroxylation is 2. The van der Waals surface area contributed by atoms with Crippen molar-refractivity contribution in [1.82, 2.24) is 20.6 Å². The molecule has 2 atom stereocenters. The number of allylic oxidation sites excluding steroid dienone is 1. The maximum atomic E-state index is 7.34. The number of hydrogen-bond donors (Lipinski definition) is 3. The molecule has 1 aliphatic carbocycles. The summed E-state index contributed by atoms with van der Waals surface area (Å²) in [5, 5.41) is 13.8. The highest BCUT2D eigenvalue weighted by Crippen LogP contribution is 2.46. The van der Waals surface area contributed by atoms with E-state index in [1.54, 1.807) is 19.4 Å². The van der Waals surface area contributed by atoms with Gasteiger partial charge in [0.25, 0.3) is 0 Å². The van der Waals surface area contributed by atoms with E-state index in [1.807, 2.05) is 32.1 Å². The predicted octanol–water partition coefficient (Wildman–Crippen LogP) is 2.94. The van der Waals surface area contributed by atoms with Crippen LogP contribution in [0.5, 0.6) is 5.75 Å². The Hall–Kier alpha value is -3.62. The molecule has 9 nitrogen and oxygen atoms in total. The number of aliphatic imine (C=N–C) groups is 1. The van der Waals surface area contributed by atoms with Crippen LogP contribution < -0.4 is 15.4 Å². The molecule has 0 spiro atoms. The molecule has 0 aromatic carbocycles. The molecule has 1 saturated carbocycles. The third kappa shape index (κ3) is 5.11. The van der Waals surface area contributed by atoms with E-state index < -0.39 is 0 Å². The largest absolute Gasteiger partial charge is 0.495 e. The van der Waals surface area contributed by atoms with Crippen LogP contribution in [-0.2, 0) is 11.3 Å². The monoisotopic (exact) mass is 422 g/mol. The van der Waals surface area contributed by atoms with Crippen LogP contribution in [0.15, 0.2) is 51.5 Å². The van der Waals surface area contributed by atoms with Gasteiger partial charge in [0.2, 0.25) is 5.90 Å². The van der Waals surface area contributed by atoms with Crippen molar-refractivity contribution in [3.05, 3.63) is 65.2 Å². The molecule has 3 N–H and O–H groups in total. The predicted molar refractivity (Wildman–Crippen MR) is 116 cm³/mol. The lowest BCUT2D eigenvalue weighted by Gasteiger charge is -2.19. The summed E-state index contributed by atoms with van der Waals surface area (Å²) in [5.74, 6) is 4.71. The summed E-state index contributed by atoms with van der Waals surface area (Å²) in [4.78, 5) is 13.2. The number of hydrogen-bond acceptors (Lipinski definition) is 9. The molecule has 0 bridgehead atoms. The maximum absolute atomic E-state index is 7.34. The fourth-order valence-electron chi connectivity index (χ4n) is 3.43. The number of nitrogens with zero attached hydrogens (tertiary/aromatic N) is 3. The standard InChI is InChI=1S/C22H26N6O3/c1-13-19(31-14(2)26-13)11-25-21-9-22(28-20(27-21)6-7-23)30-12-15-8-17(15)18-5-4-16(29-3)10-24-18/h4-7,9-10,15,17,23,25,27H,8,11-12H2,1-3H3/b20-6+,23-7?/t15-,17+/m1/s1. The molecule has 0 unspecified atom stereocenters. The van der Waals surface area contributed by atoms with Gasteiger partial charge in [0.1, 0.15) is 23.2 Å². The quantitative estimate of drug-likeness (QED) is 0.560. The second-order valence-corrected chi connectivity index (χ2v) is 7.48. The van der Waals surface area contributed by atoms with Crippen molar-refractivity contribution < 1.29 is 13.9 Å². The molecular weight excluding hydrogens is 396 g/mol. The smallest absolute Gasteiger partial charge is 0.218 e. The third-order valence-corrected chi connectivity index (χ3v) is 5.18. The highest BCUT2D eigenvalue weighted by Gasteiger charge is 2.40. The molecule has 0 saturated heterocycles. The summed E-state index contributed by atoms with van der Waals surface area (Å²) in [6.07, 6.45) is 7.34. The Kier molecular flexibility index (Phi) is 6.01. The fraction of sp³-hybridized carbons (Fsp3) is 0.364. The molecule has 9 heteroatoms. The molecule has 2 aromatic rings. The maximum Gasteiger partial charge on any atom is 0.218 e. The van der Waals surface area contributed by atoms with Crippen molar-refractivity contribution >= 4 is 12.1 Å². The zero-order chi connectivity index (χ0) is 21.8. The van der Waals surface area contributed by atoms with Gasteiger partial charge in [-0.25, -0.2) is 4.98 Å². The molecular formula is C22H26N6O3. The fourth-order valence-corrected chi connectivity index (χ4v) is 3.43. The number of nitrogens with one attached hydrogen (secondary N) is 3. The molecule has 1 aliphatic heterocycles. The molecule has 162 valence electrons. The third-order valence-electron chi connectivity index (χ3n) is 5.18. The van der Waals surface area contributed by atoms with Crippen LogP contribution >= 0.6 is 0 Å². The van der Waals surface area contributed by atoms with Crippen LogP contribution in [0.2, 0.25) is 0 Å². The summed E-state index contributed by atoms with van der Waals surface area (Å²) in [7, 11) is 1.63. The van der Waals surface area contributed by atoms with E-state index in [9.17, 15) is 0 Å². The van der Waals surface area contributed by atoms with Crippen LogP contribution in [0, 0.1) is 25.2 Å². The van der Waals surface area contributed by atoms with E-state index in [4.69, 9.17) is 19.3 Å². The lowest BCUT2D eigenvalue weighted by atomic mass is 10.2. The Morgan fingerprint density at radius 1 is 1.35 bits per heavy atom. The van der Waals surface area contributed by atoms with Gasteiger partial charge >= 0.3 is 0 Å². The van der Waals surface area contributed by atoms with E-state index >= 15 is 0 Å². The number of aromatic nitrogens is 2. The normalized spacial score (nSPS) is 21.1. The van der Waals surface area contributed by atoms with Crippen LogP contribution in [0.1, 0.15) is 35.4 Å². The minimum Gasteiger partial charge on any atom is -0.495 e. The second-order valence-electron chi connectivity index (χ2n) is 7.48. The van der Waals surface area contributed by atoms with E-state index in [1.165, 1.54) is 6.21 Å².